The van der Waals surface area contributed by atoms with E-state index in [1.807, 2.05) is 20.8 Å². The van der Waals surface area contributed by atoms with E-state index in [2.05, 4.69) is 0 Å². The molecule has 0 fully saturated rings. The number of esters is 1. The van der Waals surface area contributed by atoms with Gasteiger partial charge in [-0.05, 0) is 51.3 Å². The number of Topliss-reactive ketones (excluding diaryl/α,β-unsaturated/α-hetero) is 1. The monoisotopic (exact) mass is 361 g/mol. The van der Waals surface area contributed by atoms with Crippen LogP contribution < -0.4 is 9.64 Å². The highest BCUT2D eigenvalue weighted by molar-refractivity contribution is 6.07. The number of carbonyl (C=O) groups is 3. The van der Waals surface area contributed by atoms with E-state index in [1.165, 1.54) is 11.8 Å². The quantitative estimate of drug-likeness (QED) is 0.574. The fourth-order valence-corrected chi connectivity index (χ4v) is 2.84. The van der Waals surface area contributed by atoms with Gasteiger partial charge in [-0.3, -0.25) is 14.5 Å². The van der Waals surface area contributed by atoms with Crippen LogP contribution in [-0.2, 0) is 14.3 Å². The number of fused-ring (bicyclic) bond motifs is 1. The van der Waals surface area contributed by atoms with Crippen molar-refractivity contribution in [2.75, 3.05) is 11.5 Å². The fraction of sp³-hybridized carbons (Fsp3) is 0.550. The molecular formula is C20H27NO5. The van der Waals surface area contributed by atoms with Gasteiger partial charge in [0.1, 0.15) is 11.8 Å². The van der Waals surface area contributed by atoms with Crippen LogP contribution in [0.2, 0.25) is 0 Å². The minimum Gasteiger partial charge on any atom is -0.476 e. The third kappa shape index (κ3) is 3.89. The molecule has 1 heterocycles. The van der Waals surface area contributed by atoms with E-state index in [1.54, 1.807) is 32.0 Å². The van der Waals surface area contributed by atoms with Gasteiger partial charge in [0, 0.05) is 5.56 Å². The van der Waals surface area contributed by atoms with Gasteiger partial charge in [-0.25, -0.2) is 4.79 Å². The van der Waals surface area contributed by atoms with Crippen molar-refractivity contribution in [3.8, 4) is 5.75 Å². The van der Waals surface area contributed by atoms with Gasteiger partial charge in [0.2, 0.25) is 0 Å². The lowest BCUT2D eigenvalue weighted by Gasteiger charge is -2.41. The Morgan fingerprint density at radius 3 is 2.46 bits per heavy atom. The normalized spacial score (nSPS) is 16.7. The van der Waals surface area contributed by atoms with Gasteiger partial charge in [0.15, 0.2) is 11.4 Å². The summed E-state index contributed by atoms with van der Waals surface area (Å²) in [5, 5.41) is 0. The fourth-order valence-electron chi connectivity index (χ4n) is 2.84. The number of hydrogen-bond donors (Lipinski definition) is 0. The molecule has 1 aliphatic rings. The average molecular weight is 361 g/mol. The van der Waals surface area contributed by atoms with E-state index < -0.39 is 17.6 Å². The molecule has 6 nitrogen and oxygen atoms in total. The number of rotatable bonds is 6. The Morgan fingerprint density at radius 1 is 1.27 bits per heavy atom. The third-order valence-corrected chi connectivity index (χ3v) is 4.25. The second-order valence-electron chi connectivity index (χ2n) is 7.47. The predicted molar refractivity (Wildman–Crippen MR) is 98.5 cm³/mol. The van der Waals surface area contributed by atoms with E-state index in [0.717, 1.165) is 0 Å². The Kier molecular flexibility index (Phi) is 5.74. The highest BCUT2D eigenvalue weighted by Crippen LogP contribution is 2.40. The zero-order valence-electron chi connectivity index (χ0n) is 16.3. The molecule has 1 aliphatic heterocycles. The zero-order chi connectivity index (χ0) is 19.6. The summed E-state index contributed by atoms with van der Waals surface area (Å²) in [6.07, 6.45) is 0.391. The molecule has 142 valence electrons. The molecule has 26 heavy (non-hydrogen) atoms. The number of anilines is 1. The summed E-state index contributed by atoms with van der Waals surface area (Å²) in [7, 11) is 0. The molecule has 2 rings (SSSR count). The molecule has 1 aromatic rings. The van der Waals surface area contributed by atoms with Gasteiger partial charge in [-0.1, -0.05) is 20.8 Å². The minimum atomic E-state index is -1.11. The van der Waals surface area contributed by atoms with Crippen molar-refractivity contribution in [2.24, 2.45) is 5.92 Å². The smallest absolute Gasteiger partial charge is 0.329 e. The van der Waals surface area contributed by atoms with Gasteiger partial charge < -0.3 is 9.47 Å². The molecule has 0 saturated carbocycles. The second-order valence-corrected chi connectivity index (χ2v) is 7.47. The number of carbonyl (C=O) groups excluding carboxylic acids is 3. The highest BCUT2D eigenvalue weighted by atomic mass is 16.5. The van der Waals surface area contributed by atoms with Crippen molar-refractivity contribution in [2.45, 2.75) is 59.6 Å². The number of ketones is 1. The van der Waals surface area contributed by atoms with Crippen LogP contribution in [0.15, 0.2) is 18.2 Å². The van der Waals surface area contributed by atoms with E-state index in [4.69, 9.17) is 9.47 Å². The molecular weight excluding hydrogens is 334 g/mol. The molecule has 1 atom stereocenters. The maximum atomic E-state index is 13.0. The van der Waals surface area contributed by atoms with Gasteiger partial charge in [-0.15, -0.1) is 0 Å². The largest absolute Gasteiger partial charge is 0.476 e. The summed E-state index contributed by atoms with van der Waals surface area (Å²) in [4.78, 5) is 38.9. The molecule has 0 bridgehead atoms. The Morgan fingerprint density at radius 2 is 1.92 bits per heavy atom. The maximum Gasteiger partial charge on any atom is 0.329 e. The molecule has 1 aromatic carbocycles. The predicted octanol–water partition coefficient (Wildman–Crippen LogP) is 3.37. The SMILES string of the molecule is CCC(C(=O)OCC(C)C)N1C(=O)C(C)(C)Oc2ccc(C(C)=O)cc21. The Bertz CT molecular complexity index is 723. The molecule has 1 unspecified atom stereocenters. The summed E-state index contributed by atoms with van der Waals surface area (Å²) in [5.74, 6) is -0.245. The van der Waals surface area contributed by atoms with Crippen LogP contribution in [0.25, 0.3) is 0 Å². The first-order valence-electron chi connectivity index (χ1n) is 8.92. The molecule has 0 radical (unpaired) electrons. The molecule has 0 N–H and O–H groups in total. The second kappa shape index (κ2) is 7.48. The van der Waals surface area contributed by atoms with E-state index >= 15 is 0 Å². The van der Waals surface area contributed by atoms with Crippen LogP contribution >= 0.6 is 0 Å². The molecule has 1 amide bonds. The average Bonchev–Trinajstić information content (AvgIpc) is 2.56. The van der Waals surface area contributed by atoms with Crippen molar-refractivity contribution in [1.82, 2.24) is 0 Å². The standard InChI is InChI=1S/C20H27NO5/c1-7-15(18(23)25-11-12(2)3)21-16-10-14(13(4)22)8-9-17(16)26-20(5,6)19(21)24/h8-10,12,15H,7,11H2,1-6H3. The van der Waals surface area contributed by atoms with Gasteiger partial charge >= 0.3 is 5.97 Å². The molecule has 6 heteroatoms. The van der Waals surface area contributed by atoms with Crippen LogP contribution in [0, 0.1) is 5.92 Å². The number of benzene rings is 1. The summed E-state index contributed by atoms with van der Waals surface area (Å²) in [5.41, 5.74) is -0.234. The van der Waals surface area contributed by atoms with Crippen LogP contribution in [0.3, 0.4) is 0 Å². The van der Waals surface area contributed by atoms with Crippen molar-refractivity contribution < 1.29 is 23.9 Å². The molecule has 0 aromatic heterocycles. The Hall–Kier alpha value is -2.37. The minimum absolute atomic E-state index is 0.125. The maximum absolute atomic E-state index is 13.0. The van der Waals surface area contributed by atoms with Crippen LogP contribution in [0.1, 0.15) is 58.3 Å². The lowest BCUT2D eigenvalue weighted by molar-refractivity contribution is -0.149. The van der Waals surface area contributed by atoms with Gasteiger partial charge in [0.05, 0.1) is 12.3 Å². The molecule has 0 saturated heterocycles. The first-order valence-corrected chi connectivity index (χ1v) is 8.92. The third-order valence-electron chi connectivity index (χ3n) is 4.25. The summed E-state index contributed by atoms with van der Waals surface area (Å²) < 4.78 is 11.2. The number of nitrogens with zero attached hydrogens (tertiary/aromatic N) is 1. The summed E-state index contributed by atoms with van der Waals surface area (Å²) in [6, 6.07) is 4.15. The zero-order valence-corrected chi connectivity index (χ0v) is 16.3. The Labute approximate surface area is 154 Å². The van der Waals surface area contributed by atoms with E-state index in [0.29, 0.717) is 23.4 Å². The summed E-state index contributed by atoms with van der Waals surface area (Å²) in [6.45, 7) is 10.8. The number of hydrogen-bond acceptors (Lipinski definition) is 5. The lowest BCUT2D eigenvalue weighted by Crippen LogP contribution is -2.58. The van der Waals surface area contributed by atoms with Crippen LogP contribution in [-0.4, -0.2) is 35.9 Å². The van der Waals surface area contributed by atoms with Crippen molar-refractivity contribution in [3.05, 3.63) is 23.8 Å². The number of ether oxygens (including phenoxy) is 2. The first kappa shape index (κ1) is 19.9. The van der Waals surface area contributed by atoms with Gasteiger partial charge in [0.25, 0.3) is 5.91 Å². The van der Waals surface area contributed by atoms with E-state index in [-0.39, 0.29) is 24.2 Å². The van der Waals surface area contributed by atoms with Crippen LogP contribution in [0.4, 0.5) is 5.69 Å². The van der Waals surface area contributed by atoms with Crippen LogP contribution in [0.5, 0.6) is 5.75 Å². The topological polar surface area (TPSA) is 72.9 Å². The summed E-state index contributed by atoms with van der Waals surface area (Å²) >= 11 is 0. The van der Waals surface area contributed by atoms with Crippen molar-refractivity contribution in [3.63, 3.8) is 0 Å². The Balaban J connectivity index is 2.50. The van der Waals surface area contributed by atoms with E-state index in [9.17, 15) is 14.4 Å². The molecule has 0 spiro atoms. The lowest BCUT2D eigenvalue weighted by atomic mass is 9.99. The highest BCUT2D eigenvalue weighted by Gasteiger charge is 2.45. The van der Waals surface area contributed by atoms with Crippen molar-refractivity contribution in [1.29, 1.82) is 0 Å². The molecule has 0 aliphatic carbocycles. The van der Waals surface area contributed by atoms with Gasteiger partial charge in [-0.2, -0.15) is 0 Å². The van der Waals surface area contributed by atoms with Crippen molar-refractivity contribution >= 4 is 23.3 Å². The number of amides is 1. The first-order chi connectivity index (χ1) is 12.1.